The molecule has 1 rings (SSSR count). The van der Waals surface area contributed by atoms with Crippen molar-refractivity contribution in [3.63, 3.8) is 0 Å². The Morgan fingerprint density at radius 1 is 1.08 bits per heavy atom. The van der Waals surface area contributed by atoms with Gasteiger partial charge < -0.3 is 10.6 Å². The molecule has 0 fully saturated rings. The Morgan fingerprint density at radius 2 is 1.62 bits per heavy atom. The van der Waals surface area contributed by atoms with Gasteiger partial charge in [0.2, 0.25) is 0 Å². The third kappa shape index (κ3) is 2.46. The van der Waals surface area contributed by atoms with Crippen molar-refractivity contribution in [1.82, 2.24) is 5.32 Å². The predicted octanol–water partition coefficient (Wildman–Crippen LogP) is 2.20. The van der Waals surface area contributed by atoms with E-state index in [2.05, 4.69) is 43.5 Å². The molecule has 0 aromatic heterocycles. The van der Waals surface area contributed by atoms with Crippen molar-refractivity contribution in [2.24, 2.45) is 0 Å². The first kappa shape index (κ1) is 10.1. The molecule has 13 heavy (non-hydrogen) atoms. The minimum Gasteiger partial charge on any atom is -0.372 e. The quantitative estimate of drug-likeness (QED) is 0.693. The number of hydrogen-bond acceptors (Lipinski definition) is 2. The first-order valence-electron chi connectivity index (χ1n) is 4.61. The van der Waals surface area contributed by atoms with Crippen molar-refractivity contribution < 1.29 is 0 Å². The summed E-state index contributed by atoms with van der Waals surface area (Å²) in [5.41, 5.74) is 5.20. The number of anilines is 1. The summed E-state index contributed by atoms with van der Waals surface area (Å²) in [5.74, 6) is 0. The second-order valence-corrected chi connectivity index (χ2v) is 3.48. The Labute approximate surface area is 80.4 Å². The van der Waals surface area contributed by atoms with Crippen LogP contribution in [0.15, 0.2) is 12.1 Å². The lowest BCUT2D eigenvalue weighted by atomic mass is 10.1. The molecule has 2 nitrogen and oxygen atoms in total. The molecular formula is C11H18N2. The molecule has 0 atom stereocenters. The molecule has 0 aliphatic rings. The van der Waals surface area contributed by atoms with E-state index in [9.17, 15) is 0 Å². The Kier molecular flexibility index (Phi) is 3.32. The van der Waals surface area contributed by atoms with Crippen molar-refractivity contribution in [3.05, 3.63) is 28.8 Å². The van der Waals surface area contributed by atoms with Crippen LogP contribution in [0.1, 0.15) is 16.7 Å². The van der Waals surface area contributed by atoms with Crippen molar-refractivity contribution in [2.45, 2.75) is 20.8 Å². The molecule has 0 saturated carbocycles. The normalized spacial score (nSPS) is 10.2. The molecule has 0 amide bonds. The summed E-state index contributed by atoms with van der Waals surface area (Å²) >= 11 is 0. The van der Waals surface area contributed by atoms with Gasteiger partial charge in [-0.1, -0.05) is 17.7 Å². The molecule has 1 aromatic rings. The zero-order chi connectivity index (χ0) is 9.84. The first-order chi connectivity index (χ1) is 6.15. The number of hydrogen-bond donors (Lipinski definition) is 2. The van der Waals surface area contributed by atoms with Crippen LogP contribution >= 0.6 is 0 Å². The molecule has 0 saturated heterocycles. The minimum absolute atomic E-state index is 0.810. The van der Waals surface area contributed by atoms with Gasteiger partial charge in [0.15, 0.2) is 0 Å². The van der Waals surface area contributed by atoms with Gasteiger partial charge in [0, 0.05) is 5.69 Å². The van der Waals surface area contributed by atoms with Crippen LogP contribution in [0.4, 0.5) is 5.69 Å². The summed E-state index contributed by atoms with van der Waals surface area (Å²) in [6.07, 6.45) is 0. The van der Waals surface area contributed by atoms with E-state index in [4.69, 9.17) is 0 Å². The van der Waals surface area contributed by atoms with Crippen molar-refractivity contribution in [2.75, 3.05) is 19.0 Å². The predicted molar refractivity (Wildman–Crippen MR) is 58.2 cm³/mol. The van der Waals surface area contributed by atoms with Gasteiger partial charge in [-0.05, 0) is 38.9 Å². The Hall–Kier alpha value is -1.02. The molecule has 0 heterocycles. The Bertz CT molecular complexity index is 269. The maximum atomic E-state index is 3.35. The molecule has 2 heteroatoms. The molecular weight excluding hydrogens is 160 g/mol. The third-order valence-corrected chi connectivity index (χ3v) is 2.12. The van der Waals surface area contributed by atoms with Crippen molar-refractivity contribution in [3.8, 4) is 0 Å². The van der Waals surface area contributed by atoms with E-state index in [0.29, 0.717) is 0 Å². The summed E-state index contributed by atoms with van der Waals surface area (Å²) in [7, 11) is 1.94. The largest absolute Gasteiger partial charge is 0.372 e. The third-order valence-electron chi connectivity index (χ3n) is 2.12. The highest BCUT2D eigenvalue weighted by Gasteiger charge is 2.01. The number of aryl methyl sites for hydroxylation is 3. The van der Waals surface area contributed by atoms with E-state index in [0.717, 1.165) is 6.67 Å². The highest BCUT2D eigenvalue weighted by molar-refractivity contribution is 5.57. The van der Waals surface area contributed by atoms with E-state index in [1.165, 1.54) is 22.4 Å². The van der Waals surface area contributed by atoms with Gasteiger partial charge in [0.25, 0.3) is 0 Å². The second kappa shape index (κ2) is 4.28. The van der Waals surface area contributed by atoms with Gasteiger partial charge in [0.05, 0.1) is 6.67 Å². The monoisotopic (exact) mass is 178 g/mol. The molecule has 0 radical (unpaired) electrons. The minimum atomic E-state index is 0.810. The van der Waals surface area contributed by atoms with Gasteiger partial charge in [-0.3, -0.25) is 0 Å². The van der Waals surface area contributed by atoms with Crippen LogP contribution < -0.4 is 10.6 Å². The van der Waals surface area contributed by atoms with Gasteiger partial charge in [-0.25, -0.2) is 0 Å². The average Bonchev–Trinajstić information content (AvgIpc) is 2.02. The summed E-state index contributed by atoms with van der Waals surface area (Å²) in [4.78, 5) is 0. The topological polar surface area (TPSA) is 24.1 Å². The molecule has 72 valence electrons. The molecule has 0 aliphatic heterocycles. The lowest BCUT2D eigenvalue weighted by molar-refractivity contribution is 0.872. The number of rotatable bonds is 3. The van der Waals surface area contributed by atoms with Gasteiger partial charge in [0.1, 0.15) is 0 Å². The zero-order valence-corrected chi connectivity index (χ0v) is 8.86. The Morgan fingerprint density at radius 3 is 2.08 bits per heavy atom. The summed E-state index contributed by atoms with van der Waals surface area (Å²) in [5, 5.41) is 6.42. The van der Waals surface area contributed by atoms with E-state index in [-0.39, 0.29) is 0 Å². The van der Waals surface area contributed by atoms with Crippen LogP contribution in [-0.2, 0) is 0 Å². The lowest BCUT2D eigenvalue weighted by Gasteiger charge is -2.13. The van der Waals surface area contributed by atoms with Crippen LogP contribution in [0.5, 0.6) is 0 Å². The molecule has 0 spiro atoms. The molecule has 0 aliphatic carbocycles. The SMILES string of the molecule is CNCNc1c(C)cc(C)cc1C. The smallest absolute Gasteiger partial charge is 0.0650 e. The van der Waals surface area contributed by atoms with Crippen LogP contribution in [0, 0.1) is 20.8 Å². The van der Waals surface area contributed by atoms with Crippen LogP contribution in [0.3, 0.4) is 0 Å². The van der Waals surface area contributed by atoms with E-state index in [1.807, 2.05) is 7.05 Å². The highest BCUT2D eigenvalue weighted by atomic mass is 15.0. The van der Waals surface area contributed by atoms with E-state index >= 15 is 0 Å². The summed E-state index contributed by atoms with van der Waals surface area (Å²) < 4.78 is 0. The van der Waals surface area contributed by atoms with Crippen LogP contribution in [0.2, 0.25) is 0 Å². The van der Waals surface area contributed by atoms with Crippen molar-refractivity contribution in [1.29, 1.82) is 0 Å². The number of nitrogens with one attached hydrogen (secondary N) is 2. The molecule has 2 N–H and O–H groups in total. The molecule has 1 aromatic carbocycles. The van der Waals surface area contributed by atoms with Gasteiger partial charge in [-0.2, -0.15) is 0 Å². The maximum Gasteiger partial charge on any atom is 0.0650 e. The fraction of sp³-hybridized carbons (Fsp3) is 0.455. The highest BCUT2D eigenvalue weighted by Crippen LogP contribution is 2.21. The van der Waals surface area contributed by atoms with Crippen molar-refractivity contribution >= 4 is 5.69 Å². The van der Waals surface area contributed by atoms with Crippen LogP contribution in [0.25, 0.3) is 0 Å². The zero-order valence-electron chi connectivity index (χ0n) is 8.86. The molecule has 0 bridgehead atoms. The summed E-state index contributed by atoms with van der Waals surface area (Å²) in [6, 6.07) is 4.40. The first-order valence-corrected chi connectivity index (χ1v) is 4.61. The lowest BCUT2D eigenvalue weighted by Crippen LogP contribution is -2.17. The second-order valence-electron chi connectivity index (χ2n) is 3.48. The number of benzene rings is 1. The summed E-state index contributed by atoms with van der Waals surface area (Å²) in [6.45, 7) is 7.21. The standard InChI is InChI=1S/C11H18N2/c1-8-5-9(2)11(10(3)6-8)13-7-12-4/h5-6,12-13H,7H2,1-4H3. The van der Waals surface area contributed by atoms with E-state index in [1.54, 1.807) is 0 Å². The fourth-order valence-corrected chi connectivity index (χ4v) is 1.64. The average molecular weight is 178 g/mol. The Balaban J connectivity index is 2.92. The maximum absolute atomic E-state index is 3.35. The fourth-order valence-electron chi connectivity index (χ4n) is 1.64. The van der Waals surface area contributed by atoms with Gasteiger partial charge in [-0.15, -0.1) is 0 Å². The van der Waals surface area contributed by atoms with Crippen LogP contribution in [-0.4, -0.2) is 13.7 Å². The molecule has 0 unspecified atom stereocenters. The van der Waals surface area contributed by atoms with E-state index < -0.39 is 0 Å². The van der Waals surface area contributed by atoms with Gasteiger partial charge >= 0.3 is 0 Å².